The van der Waals surface area contributed by atoms with Gasteiger partial charge in [-0.15, -0.1) is 0 Å². The Morgan fingerprint density at radius 1 is 1.35 bits per heavy atom. The van der Waals surface area contributed by atoms with Crippen LogP contribution in [-0.2, 0) is 4.79 Å². The van der Waals surface area contributed by atoms with Gasteiger partial charge in [0.15, 0.2) is 5.78 Å². The van der Waals surface area contributed by atoms with E-state index < -0.39 is 17.9 Å². The molecular weight excluding hydrogens is 358 g/mol. The molecule has 1 aromatic carbocycles. The Bertz CT molecular complexity index is 784. The van der Waals surface area contributed by atoms with Crippen LogP contribution in [0.4, 0.5) is 0 Å². The quantitative estimate of drug-likeness (QED) is 0.630. The molecule has 0 saturated heterocycles. The van der Waals surface area contributed by atoms with Crippen molar-refractivity contribution in [3.63, 3.8) is 0 Å². The van der Waals surface area contributed by atoms with Crippen molar-refractivity contribution in [1.29, 1.82) is 0 Å². The molecule has 6 nitrogen and oxygen atoms in total. The van der Waals surface area contributed by atoms with Crippen molar-refractivity contribution < 1.29 is 24.6 Å². The van der Waals surface area contributed by atoms with Crippen LogP contribution in [0.5, 0.6) is 0 Å². The molecule has 2 atom stereocenters. The molecule has 0 aromatic heterocycles. The lowest BCUT2D eigenvalue weighted by Crippen LogP contribution is -2.38. The summed E-state index contributed by atoms with van der Waals surface area (Å²) in [4.78, 5) is 35.2. The first-order valence-electron chi connectivity index (χ1n) is 8.20. The largest absolute Gasteiger partial charge is 0.512 e. The summed E-state index contributed by atoms with van der Waals surface area (Å²) in [5.74, 6) is -1.46. The van der Waals surface area contributed by atoms with E-state index in [2.05, 4.69) is 5.32 Å². The number of nitrogens with one attached hydrogen (secondary N) is 1. The maximum absolute atomic E-state index is 12.3. The lowest BCUT2D eigenvalue weighted by atomic mass is 9.92. The first-order chi connectivity index (χ1) is 12.3. The minimum Gasteiger partial charge on any atom is -0.512 e. The second-order valence-electron chi connectivity index (χ2n) is 6.20. The predicted octanol–water partition coefficient (Wildman–Crippen LogP) is 3.52. The average Bonchev–Trinajstić information content (AvgIpc) is 2.59. The number of amides is 1. The van der Waals surface area contributed by atoms with Crippen molar-refractivity contribution >= 4 is 29.3 Å². The molecule has 0 aliphatic heterocycles. The maximum Gasteiger partial charge on any atom is 0.325 e. The van der Waals surface area contributed by atoms with E-state index in [1.165, 1.54) is 25.1 Å². The number of carbonyl (C=O) groups is 3. The van der Waals surface area contributed by atoms with Crippen molar-refractivity contribution in [3.05, 3.63) is 58.3 Å². The molecule has 0 spiro atoms. The molecule has 0 radical (unpaired) electrons. The number of rotatable bonds is 7. The number of carboxylic acid groups (broad SMARTS) is 1. The molecule has 2 rings (SSSR count). The normalized spacial score (nSPS) is 17.3. The van der Waals surface area contributed by atoms with E-state index in [9.17, 15) is 19.5 Å². The van der Waals surface area contributed by atoms with E-state index in [0.717, 1.165) is 0 Å². The second kappa shape index (κ2) is 8.67. The Balaban J connectivity index is 1.98. The summed E-state index contributed by atoms with van der Waals surface area (Å²) in [5.41, 5.74) is 0.499. The van der Waals surface area contributed by atoms with Gasteiger partial charge in [0.25, 0.3) is 5.91 Å². The number of halogens is 1. The zero-order chi connectivity index (χ0) is 19.3. The minimum absolute atomic E-state index is 0.0871. The highest BCUT2D eigenvalue weighted by Gasteiger charge is 2.19. The van der Waals surface area contributed by atoms with Crippen LogP contribution in [0.15, 0.2) is 42.2 Å². The van der Waals surface area contributed by atoms with Crippen molar-refractivity contribution in [2.24, 2.45) is 5.92 Å². The number of hydrogen-bond donors (Lipinski definition) is 3. The number of aliphatic hydroxyl groups excluding tert-OH is 1. The van der Waals surface area contributed by atoms with E-state index in [4.69, 9.17) is 16.7 Å². The minimum atomic E-state index is -1.15. The SMILES string of the molecule is C[C@H](NC(=O)c1ccc(C(=O)CCC2C=CC=C(O)C2)cc1Cl)C(=O)O. The molecule has 0 bridgehead atoms. The molecule has 26 heavy (non-hydrogen) atoms. The van der Waals surface area contributed by atoms with Crippen molar-refractivity contribution in [2.45, 2.75) is 32.2 Å². The highest BCUT2D eigenvalue weighted by atomic mass is 35.5. The standard InChI is InChI=1S/C19H20ClNO5/c1-11(19(25)26)21-18(24)15-7-6-13(10-16(15)20)17(23)8-5-12-3-2-4-14(22)9-12/h2-4,6-7,10-12,22H,5,8-9H2,1H3,(H,21,24)(H,25,26)/t11-,12?/m0/s1. The van der Waals surface area contributed by atoms with Crippen LogP contribution < -0.4 is 5.32 Å². The molecule has 0 heterocycles. The number of aliphatic hydroxyl groups is 1. The molecule has 138 valence electrons. The fourth-order valence-corrected chi connectivity index (χ4v) is 2.86. The molecule has 1 aliphatic carbocycles. The molecule has 0 saturated carbocycles. The second-order valence-corrected chi connectivity index (χ2v) is 6.60. The molecule has 1 aromatic rings. The summed E-state index contributed by atoms with van der Waals surface area (Å²) in [6.45, 7) is 1.35. The van der Waals surface area contributed by atoms with Gasteiger partial charge in [0, 0.05) is 18.4 Å². The zero-order valence-electron chi connectivity index (χ0n) is 14.2. The van der Waals surface area contributed by atoms with Gasteiger partial charge in [-0.05, 0) is 37.5 Å². The highest BCUT2D eigenvalue weighted by molar-refractivity contribution is 6.34. The van der Waals surface area contributed by atoms with Crippen molar-refractivity contribution in [2.75, 3.05) is 0 Å². The third-order valence-corrected chi connectivity index (χ3v) is 4.45. The molecule has 1 unspecified atom stereocenters. The highest BCUT2D eigenvalue weighted by Crippen LogP contribution is 2.24. The van der Waals surface area contributed by atoms with E-state index in [1.54, 1.807) is 12.2 Å². The smallest absolute Gasteiger partial charge is 0.325 e. The lowest BCUT2D eigenvalue weighted by molar-refractivity contribution is -0.138. The van der Waals surface area contributed by atoms with E-state index in [1.807, 2.05) is 6.08 Å². The molecule has 0 fully saturated rings. The summed E-state index contributed by atoms with van der Waals surface area (Å²) >= 11 is 6.09. The van der Waals surface area contributed by atoms with Crippen LogP contribution >= 0.6 is 11.6 Å². The first-order valence-corrected chi connectivity index (χ1v) is 8.58. The Morgan fingerprint density at radius 3 is 2.69 bits per heavy atom. The van der Waals surface area contributed by atoms with E-state index in [-0.39, 0.29) is 22.3 Å². The molecule has 1 aliphatic rings. The Morgan fingerprint density at radius 2 is 2.08 bits per heavy atom. The summed E-state index contributed by atoms with van der Waals surface area (Å²) in [5, 5.41) is 20.7. The number of carboxylic acids is 1. The van der Waals surface area contributed by atoms with Gasteiger partial charge in [-0.1, -0.05) is 29.8 Å². The van der Waals surface area contributed by atoms with Crippen LogP contribution in [0.1, 0.15) is 46.9 Å². The molecular formula is C19H20ClNO5. The summed E-state index contributed by atoms with van der Waals surface area (Å²) in [6, 6.07) is 3.28. The number of hydrogen-bond acceptors (Lipinski definition) is 4. The van der Waals surface area contributed by atoms with Crippen LogP contribution in [-0.4, -0.2) is 33.9 Å². The van der Waals surface area contributed by atoms with Gasteiger partial charge in [0.1, 0.15) is 6.04 Å². The topological polar surface area (TPSA) is 104 Å². The van der Waals surface area contributed by atoms with Crippen LogP contribution in [0, 0.1) is 5.92 Å². The molecule has 1 amide bonds. The lowest BCUT2D eigenvalue weighted by Gasteiger charge is -2.15. The van der Waals surface area contributed by atoms with Gasteiger partial charge in [-0.25, -0.2) is 0 Å². The Labute approximate surface area is 156 Å². The Hall–Kier alpha value is -2.60. The average molecular weight is 378 g/mol. The van der Waals surface area contributed by atoms with Crippen molar-refractivity contribution in [3.8, 4) is 0 Å². The van der Waals surface area contributed by atoms with Crippen molar-refractivity contribution in [1.82, 2.24) is 5.32 Å². The fourth-order valence-electron chi connectivity index (χ4n) is 2.60. The zero-order valence-corrected chi connectivity index (χ0v) is 15.0. The van der Waals surface area contributed by atoms with Gasteiger partial charge >= 0.3 is 5.97 Å². The van der Waals surface area contributed by atoms with Gasteiger partial charge in [0.05, 0.1) is 16.3 Å². The monoisotopic (exact) mass is 377 g/mol. The molecule has 7 heteroatoms. The number of allylic oxidation sites excluding steroid dienone is 4. The van der Waals surface area contributed by atoms with E-state index in [0.29, 0.717) is 30.6 Å². The van der Waals surface area contributed by atoms with Crippen LogP contribution in [0.25, 0.3) is 0 Å². The third kappa shape index (κ3) is 5.20. The number of Topliss-reactive ketones (excluding diaryl/α,β-unsaturated/α-hetero) is 1. The summed E-state index contributed by atoms with van der Waals surface area (Å²) < 4.78 is 0. The predicted molar refractivity (Wildman–Crippen MR) is 97.5 cm³/mol. The maximum atomic E-state index is 12.3. The van der Waals surface area contributed by atoms with Gasteiger partial charge in [0.2, 0.25) is 0 Å². The third-order valence-electron chi connectivity index (χ3n) is 4.14. The van der Waals surface area contributed by atoms with Gasteiger partial charge in [-0.3, -0.25) is 14.4 Å². The van der Waals surface area contributed by atoms with Crippen LogP contribution in [0.3, 0.4) is 0 Å². The number of ketones is 1. The molecule has 3 N–H and O–H groups in total. The number of benzene rings is 1. The van der Waals surface area contributed by atoms with Gasteiger partial charge in [-0.2, -0.15) is 0 Å². The fraction of sp³-hybridized carbons (Fsp3) is 0.316. The summed E-state index contributed by atoms with van der Waals surface area (Å²) in [6.07, 6.45) is 6.77. The number of aliphatic carboxylic acids is 1. The first kappa shape index (κ1) is 19.7. The van der Waals surface area contributed by atoms with Gasteiger partial charge < -0.3 is 15.5 Å². The summed E-state index contributed by atoms with van der Waals surface area (Å²) in [7, 11) is 0. The van der Waals surface area contributed by atoms with E-state index >= 15 is 0 Å². The number of carbonyl (C=O) groups excluding carboxylic acids is 2. The van der Waals surface area contributed by atoms with Crippen LogP contribution in [0.2, 0.25) is 5.02 Å². The Kier molecular flexibility index (Phi) is 6.58.